The Morgan fingerprint density at radius 1 is 0.647 bits per heavy atom. The van der Waals surface area contributed by atoms with Gasteiger partial charge >= 0.3 is 11.9 Å². The van der Waals surface area contributed by atoms with Crippen LogP contribution in [0.2, 0.25) is 0 Å². The summed E-state index contributed by atoms with van der Waals surface area (Å²) in [6.45, 7) is 8.53. The predicted molar refractivity (Wildman–Crippen MR) is 127 cm³/mol. The minimum Gasteiger partial charge on any atom is -0.493 e. The van der Waals surface area contributed by atoms with Crippen LogP contribution >= 0.6 is 0 Å². The van der Waals surface area contributed by atoms with E-state index < -0.39 is 11.9 Å². The molecule has 0 unspecified atom stereocenters. The monoisotopic (exact) mass is 474 g/mol. The molecule has 0 saturated carbocycles. The number of carbonyl (C=O) groups excluding carboxylic acids is 2. The van der Waals surface area contributed by atoms with Crippen molar-refractivity contribution in [1.29, 1.82) is 0 Å². The third-order valence-electron chi connectivity index (χ3n) is 5.24. The van der Waals surface area contributed by atoms with Gasteiger partial charge in [-0.2, -0.15) is 0 Å². The first-order valence-corrected chi connectivity index (χ1v) is 11.4. The summed E-state index contributed by atoms with van der Waals surface area (Å²) < 4.78 is 32.6. The molecule has 0 radical (unpaired) electrons. The normalized spacial score (nSPS) is 10.4. The third kappa shape index (κ3) is 6.34. The average molecular weight is 475 g/mol. The maximum absolute atomic E-state index is 12.3. The van der Waals surface area contributed by atoms with Gasteiger partial charge in [0.15, 0.2) is 23.0 Å². The van der Waals surface area contributed by atoms with E-state index in [-0.39, 0.29) is 13.2 Å². The molecule has 186 valence electrons. The quantitative estimate of drug-likeness (QED) is 0.330. The van der Waals surface area contributed by atoms with Gasteiger partial charge in [0, 0.05) is 11.1 Å². The van der Waals surface area contributed by atoms with Crippen LogP contribution in [0, 0.1) is 0 Å². The largest absolute Gasteiger partial charge is 0.493 e. The first-order chi connectivity index (χ1) is 16.4. The molecule has 0 heterocycles. The summed E-state index contributed by atoms with van der Waals surface area (Å²) in [5.74, 6) is 0.299. The summed E-state index contributed by atoms with van der Waals surface area (Å²) in [5, 5.41) is 0. The standard InChI is InChI=1S/C26H34O8/c1-7-19-17(11-13-21(31-9-3)23(19)29-5)15-33-25(27)26(28)34-16-18-12-14-22(32-10-4)24(30-6)20(18)8-2/h11-14H,7-10,15-16H2,1-6H3. The molecule has 2 aromatic carbocycles. The first-order valence-electron chi connectivity index (χ1n) is 11.4. The zero-order valence-corrected chi connectivity index (χ0v) is 20.8. The van der Waals surface area contributed by atoms with Crippen molar-refractivity contribution >= 4 is 11.9 Å². The van der Waals surface area contributed by atoms with Gasteiger partial charge < -0.3 is 28.4 Å². The summed E-state index contributed by atoms with van der Waals surface area (Å²) >= 11 is 0. The van der Waals surface area contributed by atoms with Crippen molar-refractivity contribution in [2.24, 2.45) is 0 Å². The van der Waals surface area contributed by atoms with E-state index in [1.807, 2.05) is 27.7 Å². The van der Waals surface area contributed by atoms with Gasteiger partial charge in [-0.05, 0) is 49.9 Å². The van der Waals surface area contributed by atoms with Crippen molar-refractivity contribution in [3.05, 3.63) is 46.5 Å². The van der Waals surface area contributed by atoms with Crippen molar-refractivity contribution in [3.63, 3.8) is 0 Å². The van der Waals surface area contributed by atoms with Gasteiger partial charge in [-0.3, -0.25) is 0 Å². The van der Waals surface area contributed by atoms with E-state index in [9.17, 15) is 9.59 Å². The van der Waals surface area contributed by atoms with Gasteiger partial charge in [0.25, 0.3) is 0 Å². The average Bonchev–Trinajstić information content (AvgIpc) is 2.85. The predicted octanol–water partition coefficient (Wildman–Crippen LogP) is 4.41. The van der Waals surface area contributed by atoms with E-state index in [4.69, 9.17) is 28.4 Å². The fourth-order valence-electron chi connectivity index (χ4n) is 3.73. The Morgan fingerprint density at radius 3 is 1.32 bits per heavy atom. The van der Waals surface area contributed by atoms with Crippen LogP contribution in [-0.2, 0) is 45.1 Å². The zero-order valence-electron chi connectivity index (χ0n) is 20.8. The molecule has 0 aliphatic carbocycles. The second-order valence-corrected chi connectivity index (χ2v) is 7.19. The molecule has 0 N–H and O–H groups in total. The van der Waals surface area contributed by atoms with Crippen LogP contribution in [0.1, 0.15) is 49.9 Å². The Bertz CT molecular complexity index is 904. The summed E-state index contributed by atoms with van der Waals surface area (Å²) in [6, 6.07) is 7.11. The molecule has 8 heteroatoms. The van der Waals surface area contributed by atoms with Gasteiger partial charge in [0.2, 0.25) is 0 Å². The molecule has 8 nitrogen and oxygen atoms in total. The molecule has 0 aliphatic rings. The van der Waals surface area contributed by atoms with Crippen LogP contribution in [0.25, 0.3) is 0 Å². The molecule has 2 aromatic rings. The molecule has 0 saturated heterocycles. The summed E-state index contributed by atoms with van der Waals surface area (Å²) in [4.78, 5) is 24.6. The minimum absolute atomic E-state index is 0.0864. The lowest BCUT2D eigenvalue weighted by molar-refractivity contribution is -0.169. The molecule has 0 amide bonds. The molecule has 0 spiro atoms. The maximum Gasteiger partial charge on any atom is 0.417 e. The Morgan fingerprint density at radius 2 is 1.03 bits per heavy atom. The van der Waals surface area contributed by atoms with Gasteiger partial charge in [-0.1, -0.05) is 26.0 Å². The number of hydrogen-bond donors (Lipinski definition) is 0. The lowest BCUT2D eigenvalue weighted by Crippen LogP contribution is -2.21. The fourth-order valence-corrected chi connectivity index (χ4v) is 3.73. The number of carbonyl (C=O) groups is 2. The van der Waals surface area contributed by atoms with Crippen LogP contribution in [0.15, 0.2) is 24.3 Å². The molecule has 2 rings (SSSR count). The zero-order chi connectivity index (χ0) is 25.1. The highest BCUT2D eigenvalue weighted by Gasteiger charge is 2.21. The van der Waals surface area contributed by atoms with Gasteiger partial charge in [0.05, 0.1) is 27.4 Å². The van der Waals surface area contributed by atoms with Gasteiger partial charge in [-0.15, -0.1) is 0 Å². The highest BCUT2D eigenvalue weighted by atomic mass is 16.6. The number of rotatable bonds is 12. The molecule has 0 aliphatic heterocycles. The van der Waals surface area contributed by atoms with E-state index in [0.29, 0.717) is 49.1 Å². The Kier molecular flexibility index (Phi) is 10.5. The van der Waals surface area contributed by atoms with Gasteiger partial charge in [0.1, 0.15) is 13.2 Å². The lowest BCUT2D eigenvalue weighted by Gasteiger charge is -2.17. The number of benzene rings is 2. The van der Waals surface area contributed by atoms with Crippen molar-refractivity contribution < 1.29 is 38.0 Å². The van der Waals surface area contributed by atoms with Crippen molar-refractivity contribution in [2.75, 3.05) is 27.4 Å². The molecular formula is C26H34O8. The fraction of sp³-hybridized carbons (Fsp3) is 0.462. The molecular weight excluding hydrogens is 440 g/mol. The lowest BCUT2D eigenvalue weighted by atomic mass is 10.0. The minimum atomic E-state index is -1.06. The number of hydrogen-bond acceptors (Lipinski definition) is 8. The molecule has 0 aromatic heterocycles. The smallest absolute Gasteiger partial charge is 0.417 e. The van der Waals surface area contributed by atoms with E-state index in [2.05, 4.69) is 0 Å². The number of ether oxygens (including phenoxy) is 6. The Labute approximate surface area is 201 Å². The van der Waals surface area contributed by atoms with E-state index in [1.54, 1.807) is 38.5 Å². The van der Waals surface area contributed by atoms with Gasteiger partial charge in [-0.25, -0.2) is 9.59 Å². The van der Waals surface area contributed by atoms with Crippen LogP contribution < -0.4 is 18.9 Å². The van der Waals surface area contributed by atoms with Crippen LogP contribution in [0.4, 0.5) is 0 Å². The van der Waals surface area contributed by atoms with E-state index in [0.717, 1.165) is 22.3 Å². The first kappa shape index (κ1) is 26.8. The summed E-state index contributed by atoms with van der Waals surface area (Å²) in [5.41, 5.74) is 3.16. The highest BCUT2D eigenvalue weighted by Crippen LogP contribution is 2.35. The van der Waals surface area contributed by atoms with E-state index >= 15 is 0 Å². The number of methoxy groups -OCH3 is 2. The highest BCUT2D eigenvalue weighted by molar-refractivity contribution is 6.29. The maximum atomic E-state index is 12.3. The second kappa shape index (κ2) is 13.3. The molecule has 0 atom stereocenters. The summed E-state index contributed by atoms with van der Waals surface area (Å²) in [6.07, 6.45) is 1.28. The van der Waals surface area contributed by atoms with Crippen molar-refractivity contribution in [2.45, 2.75) is 53.8 Å². The molecule has 34 heavy (non-hydrogen) atoms. The summed E-state index contributed by atoms with van der Waals surface area (Å²) in [7, 11) is 3.12. The van der Waals surface area contributed by atoms with E-state index in [1.165, 1.54) is 0 Å². The van der Waals surface area contributed by atoms with Crippen molar-refractivity contribution in [1.82, 2.24) is 0 Å². The molecule has 0 fully saturated rings. The topological polar surface area (TPSA) is 89.5 Å². The third-order valence-corrected chi connectivity index (χ3v) is 5.24. The second-order valence-electron chi connectivity index (χ2n) is 7.19. The molecule has 0 bridgehead atoms. The Hall–Kier alpha value is -3.42. The van der Waals surface area contributed by atoms with Crippen LogP contribution in [-0.4, -0.2) is 39.4 Å². The Balaban J connectivity index is 2.06. The number of esters is 2. The van der Waals surface area contributed by atoms with Crippen LogP contribution in [0.3, 0.4) is 0 Å². The SMILES string of the molecule is CCOc1ccc(COC(=O)C(=O)OCc2ccc(OCC)c(OC)c2CC)c(CC)c1OC. The van der Waals surface area contributed by atoms with Crippen molar-refractivity contribution in [3.8, 4) is 23.0 Å². The van der Waals surface area contributed by atoms with Crippen LogP contribution in [0.5, 0.6) is 23.0 Å².